The Hall–Kier alpha value is -2.59. The van der Waals surface area contributed by atoms with Crippen LogP contribution in [0.15, 0.2) is 75.2 Å². The molecule has 0 atom stereocenters. The van der Waals surface area contributed by atoms with Crippen molar-refractivity contribution in [3.05, 3.63) is 81.9 Å². The third-order valence-electron chi connectivity index (χ3n) is 7.48. The molecule has 154 valence electrons. The number of pyridine rings is 1. The molecule has 2 aromatic carbocycles. The summed E-state index contributed by atoms with van der Waals surface area (Å²) in [6.45, 7) is 2.18. The van der Waals surface area contributed by atoms with Gasteiger partial charge < -0.3 is 0 Å². The first-order valence-electron chi connectivity index (χ1n) is 11.3. The molecule has 3 heterocycles. The van der Waals surface area contributed by atoms with E-state index < -0.39 is 13.3 Å². The normalized spacial score (nSPS) is 17.6. The van der Waals surface area contributed by atoms with Crippen LogP contribution >= 0.6 is 0 Å². The second-order valence-electron chi connectivity index (χ2n) is 9.66. The van der Waals surface area contributed by atoms with Gasteiger partial charge in [0.05, 0.1) is 0 Å². The van der Waals surface area contributed by atoms with Crippen molar-refractivity contribution >= 4 is 39.6 Å². The second kappa shape index (κ2) is 6.70. The Morgan fingerprint density at radius 3 is 2.55 bits per heavy atom. The van der Waals surface area contributed by atoms with Gasteiger partial charge in [-0.25, -0.2) is 0 Å². The number of furan rings is 1. The van der Waals surface area contributed by atoms with Crippen molar-refractivity contribution in [1.82, 2.24) is 0 Å². The summed E-state index contributed by atoms with van der Waals surface area (Å²) < 4.78 is 12.4. The fraction of sp³-hybridized carbons (Fsp3) is 0.250. The fourth-order valence-corrected chi connectivity index (χ4v) is 13.3. The van der Waals surface area contributed by atoms with Gasteiger partial charge in [0, 0.05) is 0 Å². The molecule has 0 saturated heterocycles. The summed E-state index contributed by atoms with van der Waals surface area (Å²) in [6.07, 6.45) is 8.56. The number of benzene rings is 2. The molecule has 1 aliphatic heterocycles. The predicted octanol–water partition coefficient (Wildman–Crippen LogP) is 7.05. The maximum absolute atomic E-state index is 6.79. The van der Waals surface area contributed by atoms with Crippen LogP contribution in [0.4, 0.5) is 0 Å². The van der Waals surface area contributed by atoms with Crippen molar-refractivity contribution < 1.29 is 8.98 Å². The summed E-state index contributed by atoms with van der Waals surface area (Å²) in [7, 11) is 2.11. The van der Waals surface area contributed by atoms with Crippen molar-refractivity contribution in [2.75, 3.05) is 0 Å². The third-order valence-corrected chi connectivity index (χ3v) is 15.5. The van der Waals surface area contributed by atoms with Crippen LogP contribution in [0.5, 0.6) is 0 Å². The van der Waals surface area contributed by atoms with E-state index in [0.29, 0.717) is 0 Å². The zero-order valence-electron chi connectivity index (χ0n) is 18.8. The monoisotopic (exact) mass is 468 g/mol. The molecule has 6 rings (SSSR count). The fourth-order valence-electron chi connectivity index (χ4n) is 5.85. The number of para-hydroxylation sites is 1. The molecule has 0 saturated carbocycles. The van der Waals surface area contributed by atoms with E-state index >= 15 is 0 Å². The van der Waals surface area contributed by atoms with Crippen LogP contribution in [0.25, 0.3) is 37.6 Å². The Morgan fingerprint density at radius 1 is 0.903 bits per heavy atom. The number of nitrogens with zero attached hydrogens (tertiary/aromatic N) is 1. The standard InChI is InChI=1S/C28H28GeNO/c1-18-14-15-21-20-10-8-11-22(24-17-19-9-7-12-23(19)29(24,2)3)27(20)31-28(21)26(18)25-13-5-6-16-30(25)4/h5-6,8,10-11,13-17H,7,9,12H2,1-4H3/q+1. The molecule has 2 aliphatic rings. The van der Waals surface area contributed by atoms with E-state index in [9.17, 15) is 0 Å². The van der Waals surface area contributed by atoms with E-state index in [1.54, 1.807) is 9.98 Å². The SMILES string of the molecule is Cc1ccc2c(oc3c([C]4=CC5=[C](CCC5)[Ge]4([CH3])[CH3])cccc32)c1-c1cccc[n+]1C. The van der Waals surface area contributed by atoms with Crippen molar-refractivity contribution in [3.63, 3.8) is 0 Å². The van der Waals surface area contributed by atoms with Crippen LogP contribution in [0.1, 0.15) is 30.4 Å². The summed E-state index contributed by atoms with van der Waals surface area (Å²) in [5.41, 5.74) is 8.67. The summed E-state index contributed by atoms with van der Waals surface area (Å²) in [4.78, 5) is 0. The second-order valence-corrected chi connectivity index (χ2v) is 18.9. The van der Waals surface area contributed by atoms with Gasteiger partial charge in [-0.05, 0) is 0 Å². The molecule has 2 aromatic heterocycles. The van der Waals surface area contributed by atoms with Crippen molar-refractivity contribution in [2.24, 2.45) is 7.05 Å². The maximum atomic E-state index is 6.79. The molecule has 0 N–H and O–H groups in total. The molecule has 0 fully saturated rings. The van der Waals surface area contributed by atoms with Gasteiger partial charge in [0.25, 0.3) is 0 Å². The average molecular weight is 467 g/mol. The first-order chi connectivity index (χ1) is 15.0. The van der Waals surface area contributed by atoms with E-state index in [0.717, 1.165) is 11.2 Å². The molecular weight excluding hydrogens is 439 g/mol. The molecular formula is C28H28GeNO+. The molecule has 3 heteroatoms. The Balaban J connectivity index is 1.64. The zero-order chi connectivity index (χ0) is 21.3. The van der Waals surface area contributed by atoms with Crippen LogP contribution in [0.3, 0.4) is 0 Å². The molecule has 0 unspecified atom stereocenters. The van der Waals surface area contributed by atoms with E-state index in [-0.39, 0.29) is 0 Å². The number of allylic oxidation sites excluding steroid dienone is 3. The minimum absolute atomic E-state index is 1.01. The number of aromatic nitrogens is 1. The van der Waals surface area contributed by atoms with Gasteiger partial charge >= 0.3 is 187 Å². The molecule has 4 aromatic rings. The van der Waals surface area contributed by atoms with Gasteiger partial charge in [0.2, 0.25) is 0 Å². The van der Waals surface area contributed by atoms with Crippen LogP contribution in [0.2, 0.25) is 11.5 Å². The quantitative estimate of drug-likeness (QED) is 0.228. The molecule has 0 bridgehead atoms. The van der Waals surface area contributed by atoms with Gasteiger partial charge in [0.1, 0.15) is 0 Å². The Morgan fingerprint density at radius 2 is 1.74 bits per heavy atom. The van der Waals surface area contributed by atoms with E-state index in [1.165, 1.54) is 52.4 Å². The molecule has 0 spiro atoms. The summed E-state index contributed by atoms with van der Waals surface area (Å²) in [5.74, 6) is 5.14. The zero-order valence-corrected chi connectivity index (χ0v) is 20.8. The minimum atomic E-state index is -2.22. The summed E-state index contributed by atoms with van der Waals surface area (Å²) in [5, 5.41) is 2.45. The van der Waals surface area contributed by atoms with E-state index in [2.05, 4.69) is 90.9 Å². The van der Waals surface area contributed by atoms with Gasteiger partial charge in [-0.1, -0.05) is 0 Å². The Labute approximate surface area is 186 Å². The van der Waals surface area contributed by atoms with Gasteiger partial charge in [0.15, 0.2) is 0 Å². The van der Waals surface area contributed by atoms with E-state index in [4.69, 9.17) is 4.42 Å². The third kappa shape index (κ3) is 2.67. The first-order valence-corrected chi connectivity index (χ1v) is 17.6. The van der Waals surface area contributed by atoms with Crippen LogP contribution in [-0.2, 0) is 7.05 Å². The average Bonchev–Trinajstić information content (AvgIpc) is 3.42. The van der Waals surface area contributed by atoms with Crippen molar-refractivity contribution in [1.29, 1.82) is 0 Å². The Kier molecular flexibility index (Phi) is 4.14. The molecule has 0 radical (unpaired) electrons. The number of hydrogen-bond acceptors (Lipinski definition) is 1. The number of fused-ring (bicyclic) bond motifs is 3. The van der Waals surface area contributed by atoms with Gasteiger partial charge in [-0.3, -0.25) is 0 Å². The topological polar surface area (TPSA) is 17.0 Å². The number of hydrogen-bond donors (Lipinski definition) is 0. The van der Waals surface area contributed by atoms with Crippen LogP contribution in [-0.4, -0.2) is 13.3 Å². The molecule has 2 nitrogen and oxygen atoms in total. The number of aryl methyl sites for hydroxylation is 2. The molecule has 0 amide bonds. The Bertz CT molecular complexity index is 1450. The van der Waals surface area contributed by atoms with Gasteiger partial charge in [-0.15, -0.1) is 0 Å². The first kappa shape index (κ1) is 19.1. The van der Waals surface area contributed by atoms with Crippen LogP contribution < -0.4 is 4.57 Å². The van der Waals surface area contributed by atoms with E-state index in [1.807, 2.05) is 4.41 Å². The number of rotatable bonds is 2. The molecule has 31 heavy (non-hydrogen) atoms. The van der Waals surface area contributed by atoms with Crippen molar-refractivity contribution in [3.8, 4) is 11.3 Å². The molecule has 1 aliphatic carbocycles. The predicted molar refractivity (Wildman–Crippen MR) is 131 cm³/mol. The summed E-state index contributed by atoms with van der Waals surface area (Å²) >= 11 is -2.22. The van der Waals surface area contributed by atoms with Crippen molar-refractivity contribution in [2.45, 2.75) is 37.7 Å². The van der Waals surface area contributed by atoms with Gasteiger partial charge in [-0.2, -0.15) is 0 Å². The van der Waals surface area contributed by atoms with Crippen LogP contribution in [0, 0.1) is 6.92 Å². The summed E-state index contributed by atoms with van der Waals surface area (Å²) in [6, 6.07) is 17.6.